The third-order valence-corrected chi connectivity index (χ3v) is 4.94. The maximum atomic E-state index is 5.64. The van der Waals surface area contributed by atoms with Crippen LogP contribution in [-0.4, -0.2) is 89.8 Å². The fraction of sp³-hybridized carbons (Fsp3) is 0.947. The summed E-state index contributed by atoms with van der Waals surface area (Å²) in [7, 11) is 1.83. The van der Waals surface area contributed by atoms with Gasteiger partial charge in [0.2, 0.25) is 0 Å². The summed E-state index contributed by atoms with van der Waals surface area (Å²) in [6, 6.07) is 0.467. The molecule has 0 amide bonds. The molecule has 7 heteroatoms. The topological polar surface area (TPSA) is 67.4 Å². The molecule has 2 atom stereocenters. The van der Waals surface area contributed by atoms with Gasteiger partial charge in [0.05, 0.1) is 19.8 Å². The molecule has 2 fully saturated rings. The van der Waals surface area contributed by atoms with E-state index in [0.29, 0.717) is 17.9 Å². The van der Waals surface area contributed by atoms with Crippen molar-refractivity contribution >= 4 is 5.96 Å². The van der Waals surface area contributed by atoms with Crippen LogP contribution in [0.4, 0.5) is 0 Å². The highest BCUT2D eigenvalue weighted by atomic mass is 16.5. The van der Waals surface area contributed by atoms with Gasteiger partial charge >= 0.3 is 0 Å². The maximum absolute atomic E-state index is 5.64. The fourth-order valence-electron chi connectivity index (χ4n) is 3.48. The molecule has 0 aromatic rings. The molecule has 152 valence electrons. The van der Waals surface area contributed by atoms with Crippen LogP contribution in [0, 0.1) is 11.8 Å². The Labute approximate surface area is 158 Å². The number of hydrogen-bond donors (Lipinski definition) is 2. The highest BCUT2D eigenvalue weighted by Crippen LogP contribution is 2.21. The van der Waals surface area contributed by atoms with Crippen LogP contribution >= 0.6 is 0 Å². The Morgan fingerprint density at radius 1 is 1.19 bits per heavy atom. The first kappa shape index (κ1) is 21.4. The smallest absolute Gasteiger partial charge is 0.191 e. The number of nitrogens with one attached hydrogen (secondary N) is 2. The summed E-state index contributed by atoms with van der Waals surface area (Å²) in [6.45, 7) is 13.1. The second-order valence-corrected chi connectivity index (χ2v) is 7.54. The van der Waals surface area contributed by atoms with Crippen LogP contribution in [0.5, 0.6) is 0 Å². The number of morpholine rings is 1. The minimum absolute atomic E-state index is 0.467. The van der Waals surface area contributed by atoms with Crippen molar-refractivity contribution in [3.05, 3.63) is 0 Å². The Morgan fingerprint density at radius 2 is 2.00 bits per heavy atom. The van der Waals surface area contributed by atoms with Crippen molar-refractivity contribution in [2.75, 3.05) is 72.9 Å². The zero-order valence-corrected chi connectivity index (χ0v) is 16.8. The van der Waals surface area contributed by atoms with Crippen LogP contribution in [0.1, 0.15) is 26.7 Å². The van der Waals surface area contributed by atoms with E-state index in [9.17, 15) is 0 Å². The molecule has 2 heterocycles. The quantitative estimate of drug-likeness (QED) is 0.339. The highest BCUT2D eigenvalue weighted by molar-refractivity contribution is 5.79. The molecule has 2 rings (SSSR count). The van der Waals surface area contributed by atoms with Gasteiger partial charge < -0.3 is 24.8 Å². The molecule has 2 aliphatic rings. The van der Waals surface area contributed by atoms with E-state index in [2.05, 4.69) is 34.4 Å². The van der Waals surface area contributed by atoms with Gasteiger partial charge in [0, 0.05) is 65.0 Å². The van der Waals surface area contributed by atoms with Crippen molar-refractivity contribution in [1.82, 2.24) is 15.5 Å². The van der Waals surface area contributed by atoms with E-state index >= 15 is 0 Å². The Kier molecular flexibility index (Phi) is 10.3. The maximum Gasteiger partial charge on any atom is 0.191 e. The summed E-state index contributed by atoms with van der Waals surface area (Å²) in [5, 5.41) is 6.90. The molecule has 2 N–H and O–H groups in total. The predicted octanol–water partition coefficient (Wildman–Crippen LogP) is 0.951. The SMILES string of the molecule is CN=C(NCCCOCC(C)C)NCC(C1CCOC1)N1CCOCC1. The second-order valence-electron chi connectivity index (χ2n) is 7.54. The molecule has 0 bridgehead atoms. The Morgan fingerprint density at radius 3 is 2.65 bits per heavy atom. The molecule has 0 spiro atoms. The van der Waals surface area contributed by atoms with Crippen molar-refractivity contribution in [3.63, 3.8) is 0 Å². The molecule has 0 saturated carbocycles. The first-order valence-corrected chi connectivity index (χ1v) is 10.1. The normalized spacial score (nSPS) is 23.4. The fourth-order valence-corrected chi connectivity index (χ4v) is 3.48. The van der Waals surface area contributed by atoms with Crippen molar-refractivity contribution in [2.45, 2.75) is 32.7 Å². The molecule has 26 heavy (non-hydrogen) atoms. The van der Waals surface area contributed by atoms with Crippen molar-refractivity contribution < 1.29 is 14.2 Å². The van der Waals surface area contributed by atoms with Crippen LogP contribution in [0.2, 0.25) is 0 Å². The third-order valence-electron chi connectivity index (χ3n) is 4.94. The monoisotopic (exact) mass is 370 g/mol. The molecule has 2 aliphatic heterocycles. The molecule has 2 unspecified atom stereocenters. The van der Waals surface area contributed by atoms with Gasteiger partial charge in [-0.1, -0.05) is 13.8 Å². The van der Waals surface area contributed by atoms with Crippen LogP contribution in [-0.2, 0) is 14.2 Å². The standard InChI is InChI=1S/C19H38N4O3/c1-16(2)14-25-9-4-6-21-19(20-3)22-13-18(17-5-10-26-15-17)23-7-11-24-12-8-23/h16-18H,4-15H2,1-3H3,(H2,20,21,22). The third kappa shape index (κ3) is 7.78. The van der Waals surface area contributed by atoms with Gasteiger partial charge in [0.1, 0.15) is 0 Å². The van der Waals surface area contributed by atoms with Crippen molar-refractivity contribution in [3.8, 4) is 0 Å². The van der Waals surface area contributed by atoms with Gasteiger partial charge in [-0.05, 0) is 18.8 Å². The summed E-state index contributed by atoms with van der Waals surface area (Å²) < 4.78 is 16.8. The summed E-state index contributed by atoms with van der Waals surface area (Å²) in [4.78, 5) is 6.90. The highest BCUT2D eigenvalue weighted by Gasteiger charge is 2.31. The van der Waals surface area contributed by atoms with Gasteiger partial charge in [-0.15, -0.1) is 0 Å². The van der Waals surface area contributed by atoms with E-state index in [-0.39, 0.29) is 0 Å². The van der Waals surface area contributed by atoms with Crippen LogP contribution < -0.4 is 10.6 Å². The lowest BCUT2D eigenvalue weighted by molar-refractivity contribution is 0.00246. The zero-order chi connectivity index (χ0) is 18.6. The second kappa shape index (κ2) is 12.5. The average Bonchev–Trinajstić information content (AvgIpc) is 3.18. The molecular formula is C19H38N4O3. The number of rotatable bonds is 10. The Balaban J connectivity index is 1.71. The van der Waals surface area contributed by atoms with Gasteiger partial charge in [0.15, 0.2) is 5.96 Å². The van der Waals surface area contributed by atoms with E-state index in [1.165, 1.54) is 0 Å². The number of aliphatic imine (C=N–C) groups is 1. The van der Waals surface area contributed by atoms with Crippen LogP contribution in [0.3, 0.4) is 0 Å². The molecule has 0 aromatic heterocycles. The lowest BCUT2D eigenvalue weighted by atomic mass is 9.97. The van der Waals surface area contributed by atoms with Crippen molar-refractivity contribution in [1.29, 1.82) is 0 Å². The molecular weight excluding hydrogens is 332 g/mol. The van der Waals surface area contributed by atoms with Crippen molar-refractivity contribution in [2.24, 2.45) is 16.8 Å². The number of nitrogens with zero attached hydrogens (tertiary/aromatic N) is 2. The van der Waals surface area contributed by atoms with Gasteiger partial charge in [-0.2, -0.15) is 0 Å². The zero-order valence-electron chi connectivity index (χ0n) is 16.8. The minimum atomic E-state index is 0.467. The Bertz CT molecular complexity index is 394. The molecule has 2 saturated heterocycles. The van der Waals surface area contributed by atoms with Gasteiger partial charge in [-0.25, -0.2) is 0 Å². The molecule has 0 aliphatic carbocycles. The summed E-state index contributed by atoms with van der Waals surface area (Å²) >= 11 is 0. The van der Waals surface area contributed by atoms with E-state index in [4.69, 9.17) is 14.2 Å². The van der Waals surface area contributed by atoms with Gasteiger partial charge in [0.25, 0.3) is 0 Å². The van der Waals surface area contributed by atoms with E-state index in [0.717, 1.165) is 84.6 Å². The Hall–Kier alpha value is -0.890. The first-order valence-electron chi connectivity index (χ1n) is 10.1. The largest absolute Gasteiger partial charge is 0.381 e. The summed E-state index contributed by atoms with van der Waals surface area (Å²) in [6.07, 6.45) is 2.12. The lowest BCUT2D eigenvalue weighted by Crippen LogP contribution is -2.53. The molecule has 0 aromatic carbocycles. The first-order chi connectivity index (χ1) is 12.7. The average molecular weight is 371 g/mol. The lowest BCUT2D eigenvalue weighted by Gasteiger charge is -2.37. The molecule has 7 nitrogen and oxygen atoms in total. The number of ether oxygens (including phenoxy) is 3. The van der Waals surface area contributed by atoms with E-state index < -0.39 is 0 Å². The summed E-state index contributed by atoms with van der Waals surface area (Å²) in [5.74, 6) is 2.04. The van der Waals surface area contributed by atoms with Crippen LogP contribution in [0.25, 0.3) is 0 Å². The number of guanidine groups is 1. The molecule has 0 radical (unpaired) electrons. The predicted molar refractivity (Wildman–Crippen MR) is 105 cm³/mol. The van der Waals surface area contributed by atoms with Crippen LogP contribution in [0.15, 0.2) is 4.99 Å². The number of hydrogen-bond acceptors (Lipinski definition) is 5. The van der Waals surface area contributed by atoms with E-state index in [1.54, 1.807) is 0 Å². The van der Waals surface area contributed by atoms with E-state index in [1.807, 2.05) is 7.05 Å². The van der Waals surface area contributed by atoms with Gasteiger partial charge in [-0.3, -0.25) is 9.89 Å². The summed E-state index contributed by atoms with van der Waals surface area (Å²) in [5.41, 5.74) is 0. The minimum Gasteiger partial charge on any atom is -0.381 e.